The Balaban J connectivity index is 1.76. The summed E-state index contributed by atoms with van der Waals surface area (Å²) in [5.74, 6) is 0.609. The van der Waals surface area contributed by atoms with Gasteiger partial charge in [0.2, 0.25) is 10.0 Å². The van der Waals surface area contributed by atoms with E-state index < -0.39 is 14.8 Å². The van der Waals surface area contributed by atoms with E-state index in [1.54, 1.807) is 27.0 Å². The molecule has 1 fully saturated rings. The third-order valence-corrected chi connectivity index (χ3v) is 7.53. The van der Waals surface area contributed by atoms with Crippen molar-refractivity contribution in [3.8, 4) is 0 Å². The van der Waals surface area contributed by atoms with E-state index in [0.717, 1.165) is 44.3 Å². The van der Waals surface area contributed by atoms with Gasteiger partial charge in [-0.15, -0.1) is 0 Å². The molecule has 2 N–H and O–H groups in total. The minimum absolute atomic E-state index is 0.0801. The number of rotatable bonds is 8. The first-order valence-corrected chi connectivity index (χ1v) is 11.5. The number of sulfonamides is 1. The van der Waals surface area contributed by atoms with Gasteiger partial charge < -0.3 is 5.32 Å². The minimum Gasteiger partial charge on any atom is -0.310 e. The van der Waals surface area contributed by atoms with Gasteiger partial charge in [-0.1, -0.05) is 19.1 Å². The van der Waals surface area contributed by atoms with Crippen molar-refractivity contribution >= 4 is 16.1 Å². The van der Waals surface area contributed by atoms with Gasteiger partial charge in [0, 0.05) is 18.3 Å². The maximum absolute atomic E-state index is 12.3. The Morgan fingerprint density at radius 3 is 2.48 bits per heavy atom. The van der Waals surface area contributed by atoms with Crippen LogP contribution in [-0.2, 0) is 10.0 Å². The molecule has 0 spiro atoms. The summed E-state index contributed by atoms with van der Waals surface area (Å²) in [5, 5.41) is 3.64. The molecule has 1 atom stereocenters. The fraction of sp³-hybridized carbons (Fsp3) is 0.667. The van der Waals surface area contributed by atoms with Crippen molar-refractivity contribution in [2.45, 2.75) is 76.6 Å². The number of nitrogens with zero attached hydrogens (tertiary/aromatic N) is 1. The highest BCUT2D eigenvalue weighted by molar-refractivity contribution is 7.90. The molecule has 1 aliphatic rings. The van der Waals surface area contributed by atoms with Gasteiger partial charge in [0.1, 0.15) is 0 Å². The van der Waals surface area contributed by atoms with Crippen LogP contribution in [0.5, 0.6) is 0 Å². The molecule has 0 saturated heterocycles. The molecule has 5 nitrogen and oxygen atoms in total. The highest BCUT2D eigenvalue weighted by atomic mass is 32.2. The SMILES string of the molecule is CC[C@@H](/C=C\c1ccccn1)NC[C@H]1CC[C@H](NS(=O)(=O)C(C)(C)C)CC1. The molecule has 1 heterocycles. The van der Waals surface area contributed by atoms with Crippen molar-refractivity contribution in [2.24, 2.45) is 5.92 Å². The average Bonchev–Trinajstić information content (AvgIpc) is 2.63. The van der Waals surface area contributed by atoms with E-state index in [4.69, 9.17) is 0 Å². The molecule has 0 unspecified atom stereocenters. The van der Waals surface area contributed by atoms with Gasteiger partial charge in [0.05, 0.1) is 10.4 Å². The molecule has 0 bridgehead atoms. The lowest BCUT2D eigenvalue weighted by Crippen LogP contribution is -2.46. The zero-order valence-corrected chi connectivity index (χ0v) is 17.9. The number of nitrogens with one attached hydrogen (secondary N) is 2. The van der Waals surface area contributed by atoms with Gasteiger partial charge >= 0.3 is 0 Å². The summed E-state index contributed by atoms with van der Waals surface area (Å²) in [4.78, 5) is 4.32. The van der Waals surface area contributed by atoms with Gasteiger partial charge in [0.15, 0.2) is 0 Å². The van der Waals surface area contributed by atoms with Crippen LogP contribution in [0.3, 0.4) is 0 Å². The summed E-state index contributed by atoms with van der Waals surface area (Å²) in [5.41, 5.74) is 0.976. The lowest BCUT2D eigenvalue weighted by molar-refractivity contribution is 0.296. The van der Waals surface area contributed by atoms with E-state index in [-0.39, 0.29) is 6.04 Å². The largest absolute Gasteiger partial charge is 0.310 e. The van der Waals surface area contributed by atoms with Crippen molar-refractivity contribution < 1.29 is 8.42 Å². The molecule has 6 heteroatoms. The van der Waals surface area contributed by atoms with Gasteiger partial charge in [0.25, 0.3) is 0 Å². The second kappa shape index (κ2) is 9.80. The molecule has 0 aromatic carbocycles. The van der Waals surface area contributed by atoms with Crippen molar-refractivity contribution in [2.75, 3.05) is 6.54 Å². The molecular formula is C21H35N3O2S. The average molecular weight is 394 g/mol. The number of aromatic nitrogens is 1. The molecule has 0 aliphatic heterocycles. The first-order valence-electron chi connectivity index (χ1n) is 10.1. The molecular weight excluding hydrogens is 358 g/mol. The molecule has 1 aliphatic carbocycles. The van der Waals surface area contributed by atoms with Crippen LogP contribution in [0.1, 0.15) is 65.5 Å². The maximum atomic E-state index is 12.3. The molecule has 27 heavy (non-hydrogen) atoms. The monoisotopic (exact) mass is 393 g/mol. The van der Waals surface area contributed by atoms with Crippen LogP contribution in [0.2, 0.25) is 0 Å². The van der Waals surface area contributed by atoms with E-state index in [1.165, 1.54) is 0 Å². The second-order valence-corrected chi connectivity index (χ2v) is 11.0. The Labute approximate surface area is 165 Å². The Bertz CT molecular complexity index is 688. The standard InChI is InChI=1S/C21H35N3O2S/c1-5-18(13-14-19-8-6-7-15-22-19)23-16-17-9-11-20(12-10-17)24-27(25,26)21(2,3)4/h6-8,13-15,17-18,20,23-24H,5,9-12,16H2,1-4H3/b14-13-/t17-,18-,20-/m0/s1. The molecule has 1 aromatic heterocycles. The molecule has 1 saturated carbocycles. The summed E-state index contributed by atoms with van der Waals surface area (Å²) in [7, 11) is -3.26. The first kappa shape index (κ1) is 22.1. The van der Waals surface area contributed by atoms with Gasteiger partial charge in [-0.05, 0) is 83.5 Å². The predicted octanol–water partition coefficient (Wildman–Crippen LogP) is 3.74. The van der Waals surface area contributed by atoms with Crippen LogP contribution < -0.4 is 10.0 Å². The third-order valence-electron chi connectivity index (χ3n) is 5.27. The normalized spacial score (nSPS) is 22.8. The Morgan fingerprint density at radius 1 is 1.22 bits per heavy atom. The molecule has 1 aromatic rings. The Morgan fingerprint density at radius 2 is 1.93 bits per heavy atom. The minimum atomic E-state index is -3.26. The summed E-state index contributed by atoms with van der Waals surface area (Å²) >= 11 is 0. The zero-order chi connectivity index (χ0) is 19.9. The summed E-state index contributed by atoms with van der Waals surface area (Å²) in [6, 6.07) is 6.34. The van der Waals surface area contributed by atoms with Crippen molar-refractivity contribution in [1.29, 1.82) is 0 Å². The van der Waals surface area contributed by atoms with E-state index in [9.17, 15) is 8.42 Å². The Hall–Kier alpha value is -1.24. The van der Waals surface area contributed by atoms with E-state index in [0.29, 0.717) is 12.0 Å². The van der Waals surface area contributed by atoms with Gasteiger partial charge in [-0.2, -0.15) is 0 Å². The lowest BCUT2D eigenvalue weighted by Gasteiger charge is -2.32. The van der Waals surface area contributed by atoms with Crippen LogP contribution in [-0.4, -0.2) is 36.8 Å². The highest BCUT2D eigenvalue weighted by Gasteiger charge is 2.32. The van der Waals surface area contributed by atoms with Crippen molar-refractivity contribution in [1.82, 2.24) is 15.0 Å². The molecule has 0 radical (unpaired) electrons. The number of pyridine rings is 1. The Kier molecular flexibility index (Phi) is 8.01. The summed E-state index contributed by atoms with van der Waals surface area (Å²) < 4.78 is 26.8. The number of hydrogen-bond donors (Lipinski definition) is 2. The van der Waals surface area contributed by atoms with Crippen LogP contribution >= 0.6 is 0 Å². The molecule has 0 amide bonds. The van der Waals surface area contributed by atoms with Crippen molar-refractivity contribution in [3.05, 3.63) is 36.2 Å². The fourth-order valence-corrected chi connectivity index (χ4v) is 4.26. The second-order valence-electron chi connectivity index (χ2n) is 8.49. The first-order chi connectivity index (χ1) is 12.7. The molecule has 152 valence electrons. The third kappa shape index (κ3) is 7.01. The highest BCUT2D eigenvalue weighted by Crippen LogP contribution is 2.26. The van der Waals surface area contributed by atoms with E-state index in [1.807, 2.05) is 18.2 Å². The smallest absolute Gasteiger partial charge is 0.216 e. The van der Waals surface area contributed by atoms with Crippen LogP contribution in [0.25, 0.3) is 6.08 Å². The van der Waals surface area contributed by atoms with Crippen LogP contribution in [0, 0.1) is 5.92 Å². The topological polar surface area (TPSA) is 71.1 Å². The quantitative estimate of drug-likeness (QED) is 0.706. The number of hydrogen-bond acceptors (Lipinski definition) is 4. The summed E-state index contributed by atoms with van der Waals surface area (Å²) in [6.45, 7) is 8.39. The van der Waals surface area contributed by atoms with Crippen molar-refractivity contribution in [3.63, 3.8) is 0 Å². The van der Waals surface area contributed by atoms with E-state index in [2.05, 4.69) is 34.1 Å². The van der Waals surface area contributed by atoms with E-state index >= 15 is 0 Å². The fourth-order valence-electron chi connectivity index (χ4n) is 3.24. The van der Waals surface area contributed by atoms with Crippen LogP contribution in [0.15, 0.2) is 30.5 Å². The molecule has 2 rings (SSSR count). The van der Waals surface area contributed by atoms with Crippen LogP contribution in [0.4, 0.5) is 0 Å². The lowest BCUT2D eigenvalue weighted by atomic mass is 9.86. The van der Waals surface area contributed by atoms with Gasteiger partial charge in [-0.3, -0.25) is 4.98 Å². The zero-order valence-electron chi connectivity index (χ0n) is 17.1. The summed E-state index contributed by atoms with van der Waals surface area (Å²) in [6.07, 6.45) is 11.1. The predicted molar refractivity (Wildman–Crippen MR) is 113 cm³/mol. The maximum Gasteiger partial charge on any atom is 0.216 e. The van der Waals surface area contributed by atoms with Gasteiger partial charge in [-0.25, -0.2) is 13.1 Å².